The highest BCUT2D eigenvalue weighted by atomic mass is 32.2. The predicted octanol–water partition coefficient (Wildman–Crippen LogP) is 5.57. The average Bonchev–Trinajstić information content (AvgIpc) is 2.82. The van der Waals surface area contributed by atoms with Gasteiger partial charge in [0.05, 0.1) is 23.9 Å². The van der Waals surface area contributed by atoms with Crippen LogP contribution in [0.2, 0.25) is 0 Å². The molecule has 0 bridgehead atoms. The lowest BCUT2D eigenvalue weighted by Gasteiger charge is -2.40. The van der Waals surface area contributed by atoms with E-state index in [1.165, 1.54) is 0 Å². The van der Waals surface area contributed by atoms with E-state index in [2.05, 4.69) is 10.2 Å². The Labute approximate surface area is 205 Å². The van der Waals surface area contributed by atoms with Gasteiger partial charge in [0.15, 0.2) is 5.17 Å². The third kappa shape index (κ3) is 5.20. The van der Waals surface area contributed by atoms with Crippen molar-refractivity contribution in [3.8, 4) is 0 Å². The topological polar surface area (TPSA) is 71.0 Å². The molecule has 34 heavy (non-hydrogen) atoms. The number of anilines is 1. The molecule has 2 aromatic rings. The van der Waals surface area contributed by atoms with Crippen molar-refractivity contribution in [3.63, 3.8) is 0 Å². The maximum absolute atomic E-state index is 13.2. The van der Waals surface area contributed by atoms with Crippen LogP contribution < -0.4 is 5.32 Å². The molecule has 0 saturated carbocycles. The second-order valence-corrected chi connectivity index (χ2v) is 10.1. The molecule has 0 spiro atoms. The summed E-state index contributed by atoms with van der Waals surface area (Å²) in [7, 11) is 0. The molecule has 4 rings (SSSR count). The SMILES string of the molecule is CC1=C(C(=O)OCC(C)C)C(c2cccc(NC(=O)c3ccccc3C)c2)N2CCCSC2=N1. The fraction of sp³-hybridized carbons (Fsp3) is 0.370. The lowest BCUT2D eigenvalue weighted by Crippen LogP contribution is -2.42. The molecule has 1 atom stereocenters. The van der Waals surface area contributed by atoms with E-state index in [4.69, 9.17) is 9.73 Å². The molecular formula is C27H31N3O3S. The Hall–Kier alpha value is -3.06. The first kappa shape index (κ1) is 24.1. The zero-order valence-corrected chi connectivity index (χ0v) is 20.9. The molecule has 1 saturated heterocycles. The van der Waals surface area contributed by atoms with Crippen molar-refractivity contribution in [1.29, 1.82) is 0 Å². The molecule has 1 unspecified atom stereocenters. The van der Waals surface area contributed by atoms with Gasteiger partial charge < -0.3 is 15.0 Å². The van der Waals surface area contributed by atoms with E-state index in [-0.39, 0.29) is 23.8 Å². The highest BCUT2D eigenvalue weighted by Crippen LogP contribution is 2.40. The molecule has 2 heterocycles. The molecule has 1 N–H and O–H groups in total. The molecule has 2 aliphatic heterocycles. The van der Waals surface area contributed by atoms with Crippen molar-refractivity contribution in [3.05, 3.63) is 76.5 Å². The number of amidine groups is 1. The van der Waals surface area contributed by atoms with Crippen LogP contribution in [0.1, 0.15) is 54.7 Å². The van der Waals surface area contributed by atoms with Gasteiger partial charge in [0, 0.05) is 23.5 Å². The van der Waals surface area contributed by atoms with Crippen LogP contribution in [0.4, 0.5) is 5.69 Å². The molecule has 0 aromatic heterocycles. The zero-order valence-electron chi connectivity index (χ0n) is 20.1. The minimum atomic E-state index is -0.330. The van der Waals surface area contributed by atoms with Crippen LogP contribution >= 0.6 is 11.8 Å². The molecular weight excluding hydrogens is 446 g/mol. The van der Waals surface area contributed by atoms with Crippen LogP contribution in [-0.2, 0) is 9.53 Å². The number of hydrogen-bond acceptors (Lipinski definition) is 6. The Morgan fingerprint density at radius 2 is 1.97 bits per heavy atom. The van der Waals surface area contributed by atoms with Crippen molar-refractivity contribution in [2.75, 3.05) is 24.2 Å². The van der Waals surface area contributed by atoms with E-state index in [1.54, 1.807) is 11.8 Å². The number of nitrogens with zero attached hydrogens (tertiary/aromatic N) is 2. The molecule has 2 aromatic carbocycles. The second kappa shape index (κ2) is 10.5. The Morgan fingerprint density at radius 3 is 2.74 bits per heavy atom. The molecule has 178 valence electrons. The van der Waals surface area contributed by atoms with E-state index >= 15 is 0 Å². The van der Waals surface area contributed by atoms with Crippen LogP contribution in [-0.4, -0.2) is 40.8 Å². The molecule has 0 aliphatic carbocycles. The monoisotopic (exact) mass is 477 g/mol. The van der Waals surface area contributed by atoms with Gasteiger partial charge in [0.2, 0.25) is 0 Å². The van der Waals surface area contributed by atoms with Crippen LogP contribution in [0.5, 0.6) is 0 Å². The summed E-state index contributed by atoms with van der Waals surface area (Å²) in [5.41, 5.74) is 4.42. The normalized spacial score (nSPS) is 17.9. The Morgan fingerprint density at radius 1 is 1.18 bits per heavy atom. The van der Waals surface area contributed by atoms with E-state index in [1.807, 2.05) is 76.2 Å². The quantitative estimate of drug-likeness (QED) is 0.551. The number of rotatable bonds is 6. The van der Waals surface area contributed by atoms with Gasteiger partial charge in [0.25, 0.3) is 5.91 Å². The summed E-state index contributed by atoms with van der Waals surface area (Å²) in [4.78, 5) is 33.0. The number of esters is 1. The molecule has 0 radical (unpaired) electrons. The zero-order chi connectivity index (χ0) is 24.2. The van der Waals surface area contributed by atoms with E-state index in [9.17, 15) is 9.59 Å². The Kier molecular flexibility index (Phi) is 7.41. The fourth-order valence-corrected chi connectivity index (χ4v) is 5.23. The highest BCUT2D eigenvalue weighted by Gasteiger charge is 2.38. The number of carbonyl (C=O) groups is 2. The van der Waals surface area contributed by atoms with Crippen molar-refractivity contribution in [1.82, 2.24) is 4.90 Å². The van der Waals surface area contributed by atoms with E-state index in [0.717, 1.165) is 35.0 Å². The molecule has 7 heteroatoms. The van der Waals surface area contributed by atoms with Gasteiger partial charge in [-0.1, -0.05) is 55.9 Å². The van der Waals surface area contributed by atoms with Gasteiger partial charge >= 0.3 is 5.97 Å². The van der Waals surface area contributed by atoms with Gasteiger partial charge in [-0.3, -0.25) is 4.79 Å². The second-order valence-electron chi connectivity index (χ2n) is 9.08. The summed E-state index contributed by atoms with van der Waals surface area (Å²) in [5.74, 6) is 0.771. The van der Waals surface area contributed by atoms with Crippen molar-refractivity contribution >= 4 is 34.5 Å². The third-order valence-corrected chi connectivity index (χ3v) is 6.95. The summed E-state index contributed by atoms with van der Waals surface area (Å²) >= 11 is 1.71. The van der Waals surface area contributed by atoms with Crippen LogP contribution in [0.3, 0.4) is 0 Å². The number of carbonyl (C=O) groups excluding carboxylic acids is 2. The van der Waals surface area contributed by atoms with E-state index < -0.39 is 0 Å². The van der Waals surface area contributed by atoms with Gasteiger partial charge in [-0.2, -0.15) is 0 Å². The predicted molar refractivity (Wildman–Crippen MR) is 138 cm³/mol. The van der Waals surface area contributed by atoms with Gasteiger partial charge in [-0.25, -0.2) is 9.79 Å². The minimum absolute atomic E-state index is 0.155. The molecule has 6 nitrogen and oxygen atoms in total. The number of ether oxygens (including phenoxy) is 1. The van der Waals surface area contributed by atoms with Gasteiger partial charge in [-0.05, 0) is 55.5 Å². The Balaban J connectivity index is 1.67. The Bertz CT molecular complexity index is 1160. The maximum Gasteiger partial charge on any atom is 0.338 e. The van der Waals surface area contributed by atoms with Crippen molar-refractivity contribution < 1.29 is 14.3 Å². The number of benzene rings is 2. The summed E-state index contributed by atoms with van der Waals surface area (Å²) < 4.78 is 5.64. The largest absolute Gasteiger partial charge is 0.462 e. The smallest absolute Gasteiger partial charge is 0.338 e. The number of nitrogens with one attached hydrogen (secondary N) is 1. The number of allylic oxidation sites excluding steroid dienone is 1. The average molecular weight is 478 g/mol. The molecule has 2 aliphatic rings. The standard InChI is InChI=1S/C27H31N3O3S/c1-17(2)16-33-26(32)23-19(4)28-27-30(13-8-14-34-27)24(23)20-10-7-11-21(15-20)29-25(31)22-12-6-5-9-18(22)3/h5-7,9-12,15,17,24H,8,13-14,16H2,1-4H3,(H,29,31). The van der Waals surface area contributed by atoms with Gasteiger partial charge in [-0.15, -0.1) is 0 Å². The molecule has 1 amide bonds. The summed E-state index contributed by atoms with van der Waals surface area (Å²) in [5, 5.41) is 3.95. The number of hydrogen-bond donors (Lipinski definition) is 1. The first-order valence-corrected chi connectivity index (χ1v) is 12.7. The summed E-state index contributed by atoms with van der Waals surface area (Å²) in [6.45, 7) is 9.01. The number of aryl methyl sites for hydroxylation is 1. The van der Waals surface area contributed by atoms with Gasteiger partial charge in [0.1, 0.15) is 0 Å². The summed E-state index contributed by atoms with van der Waals surface area (Å²) in [6, 6.07) is 14.9. The third-order valence-electron chi connectivity index (χ3n) is 5.88. The van der Waals surface area contributed by atoms with Crippen LogP contribution in [0.25, 0.3) is 0 Å². The number of fused-ring (bicyclic) bond motifs is 1. The first-order chi connectivity index (χ1) is 16.3. The van der Waals surface area contributed by atoms with E-state index in [0.29, 0.717) is 29.1 Å². The lowest BCUT2D eigenvalue weighted by atomic mass is 9.94. The van der Waals surface area contributed by atoms with Crippen LogP contribution in [0, 0.1) is 12.8 Å². The number of amides is 1. The number of thioether (sulfide) groups is 1. The maximum atomic E-state index is 13.2. The minimum Gasteiger partial charge on any atom is -0.462 e. The summed E-state index contributed by atoms with van der Waals surface area (Å²) in [6.07, 6.45) is 1.01. The fourth-order valence-electron chi connectivity index (χ4n) is 4.21. The van der Waals surface area contributed by atoms with Crippen molar-refractivity contribution in [2.24, 2.45) is 10.9 Å². The number of aliphatic imine (C=N–C) groups is 1. The van der Waals surface area contributed by atoms with Crippen LogP contribution in [0.15, 0.2) is 64.8 Å². The first-order valence-electron chi connectivity index (χ1n) is 11.7. The highest BCUT2D eigenvalue weighted by molar-refractivity contribution is 8.13. The molecule has 1 fully saturated rings. The van der Waals surface area contributed by atoms with Crippen molar-refractivity contribution in [2.45, 2.75) is 40.2 Å². The lowest BCUT2D eigenvalue weighted by molar-refractivity contribution is -0.140.